The molecule has 0 aromatic heterocycles. The molecule has 0 amide bonds. The van der Waals surface area contributed by atoms with Crippen LogP contribution in [0.5, 0.6) is 11.5 Å². The van der Waals surface area contributed by atoms with Crippen molar-refractivity contribution in [2.24, 2.45) is 0 Å². The van der Waals surface area contributed by atoms with Crippen molar-refractivity contribution >= 4 is 23.2 Å². The van der Waals surface area contributed by atoms with Crippen LogP contribution in [0.1, 0.15) is 30.0 Å². The first-order valence-electron chi connectivity index (χ1n) is 8.79. The monoisotopic (exact) mass is 378 g/mol. The fourth-order valence-corrected chi connectivity index (χ4v) is 3.11. The van der Waals surface area contributed by atoms with Gasteiger partial charge in [0.1, 0.15) is 12.4 Å². The Morgan fingerprint density at radius 2 is 2.00 bits per heavy atom. The summed E-state index contributed by atoms with van der Waals surface area (Å²) in [6.07, 6.45) is 8.75. The molecule has 5 heteroatoms. The van der Waals surface area contributed by atoms with Gasteiger partial charge in [-0.05, 0) is 71.2 Å². The van der Waals surface area contributed by atoms with Crippen LogP contribution in [-0.4, -0.2) is 24.3 Å². The third-order valence-corrected chi connectivity index (χ3v) is 4.21. The van der Waals surface area contributed by atoms with Crippen LogP contribution in [0.25, 0.3) is 17.2 Å². The van der Waals surface area contributed by atoms with Crippen LogP contribution in [0.4, 0.5) is 4.39 Å². The van der Waals surface area contributed by atoms with E-state index in [0.717, 1.165) is 16.7 Å². The highest BCUT2D eigenvalue weighted by Crippen LogP contribution is 2.39. The van der Waals surface area contributed by atoms with Gasteiger partial charge in [0.15, 0.2) is 11.5 Å². The summed E-state index contributed by atoms with van der Waals surface area (Å²) in [5, 5.41) is 9.14. The Bertz CT molecular complexity index is 1010. The summed E-state index contributed by atoms with van der Waals surface area (Å²) in [7, 11) is 0. The quantitative estimate of drug-likeness (QED) is 0.713. The molecule has 142 valence electrons. The van der Waals surface area contributed by atoms with E-state index in [1.807, 2.05) is 25.1 Å². The zero-order valence-electron chi connectivity index (χ0n) is 15.4. The van der Waals surface area contributed by atoms with Crippen LogP contribution < -0.4 is 9.47 Å². The average Bonchev–Trinajstić information content (AvgIpc) is 2.97. The van der Waals surface area contributed by atoms with Gasteiger partial charge in [0.05, 0.1) is 13.0 Å². The van der Waals surface area contributed by atoms with Crippen LogP contribution in [-0.2, 0) is 4.79 Å². The molecule has 0 saturated carbocycles. The van der Waals surface area contributed by atoms with Crippen LogP contribution in [0.3, 0.4) is 0 Å². The molecule has 28 heavy (non-hydrogen) atoms. The number of aliphatic carboxylic acids is 1. The number of rotatable bonds is 7. The Morgan fingerprint density at radius 3 is 2.71 bits per heavy atom. The fourth-order valence-electron chi connectivity index (χ4n) is 3.11. The predicted octanol–water partition coefficient (Wildman–Crippen LogP) is 4.65. The summed E-state index contributed by atoms with van der Waals surface area (Å²) >= 11 is 0. The number of allylic oxidation sites excluding steroid dienone is 2. The summed E-state index contributed by atoms with van der Waals surface area (Å²) in [6, 6.07) is 9.86. The van der Waals surface area contributed by atoms with Gasteiger partial charge < -0.3 is 14.6 Å². The number of halogens is 1. The summed E-state index contributed by atoms with van der Waals surface area (Å²) in [5.74, 6) is 2.18. The summed E-state index contributed by atoms with van der Waals surface area (Å²) < 4.78 is 24.8. The summed E-state index contributed by atoms with van der Waals surface area (Å²) in [5.41, 5.74) is 3.63. The van der Waals surface area contributed by atoms with Crippen molar-refractivity contribution < 1.29 is 23.8 Å². The van der Waals surface area contributed by atoms with Crippen molar-refractivity contribution in [3.63, 3.8) is 0 Å². The van der Waals surface area contributed by atoms with Crippen molar-refractivity contribution in [2.45, 2.75) is 13.3 Å². The fraction of sp³-hybridized carbons (Fsp3) is 0.174. The van der Waals surface area contributed by atoms with E-state index < -0.39 is 11.8 Å². The minimum Gasteiger partial charge on any atom is -0.490 e. The Kier molecular flexibility index (Phi) is 5.81. The molecule has 0 spiro atoms. The number of fused-ring (bicyclic) bond motifs is 1. The molecule has 0 fully saturated rings. The maximum atomic E-state index is 13.7. The molecular formula is C23H19FO4. The Labute approximate surface area is 162 Å². The lowest BCUT2D eigenvalue weighted by molar-refractivity contribution is -0.135. The van der Waals surface area contributed by atoms with Gasteiger partial charge in [-0.25, -0.2) is 4.39 Å². The van der Waals surface area contributed by atoms with E-state index >= 15 is 0 Å². The van der Waals surface area contributed by atoms with E-state index in [2.05, 4.69) is 5.92 Å². The van der Waals surface area contributed by atoms with Crippen LogP contribution >= 0.6 is 0 Å². The normalized spacial score (nSPS) is 13.6. The maximum Gasteiger partial charge on any atom is 0.307 e. The van der Waals surface area contributed by atoms with E-state index in [1.165, 1.54) is 12.1 Å². The van der Waals surface area contributed by atoms with Crippen LogP contribution in [0, 0.1) is 18.2 Å². The number of hydrogen-bond donors (Lipinski definition) is 1. The second-order valence-electron chi connectivity index (χ2n) is 6.16. The Balaban J connectivity index is 2.01. The van der Waals surface area contributed by atoms with E-state index in [4.69, 9.17) is 21.0 Å². The molecule has 3 rings (SSSR count). The molecule has 1 aliphatic carbocycles. The van der Waals surface area contributed by atoms with Crippen molar-refractivity contribution in [3.05, 3.63) is 65.0 Å². The maximum absolute atomic E-state index is 13.7. The number of benzene rings is 2. The Hall–Kier alpha value is -3.52. The molecule has 0 heterocycles. The standard InChI is InChI=1S/C23H19FO4/c1-3-9-28-21-8-5-15(11-22(21)27-4-2)10-16-12-17(13-23(25)26)20-14-18(24)6-7-19(16)20/h1,5-8,10-12,14H,4,9,13H2,2H3,(H,25,26)/b16-10+. The number of hydrogen-bond acceptors (Lipinski definition) is 3. The number of terminal acetylenes is 1. The van der Waals surface area contributed by atoms with Gasteiger partial charge >= 0.3 is 5.97 Å². The molecular weight excluding hydrogens is 359 g/mol. The van der Waals surface area contributed by atoms with Gasteiger partial charge in [-0.15, -0.1) is 6.42 Å². The summed E-state index contributed by atoms with van der Waals surface area (Å²) in [6.45, 7) is 2.48. The van der Waals surface area contributed by atoms with Crippen LogP contribution in [0.15, 0.2) is 42.5 Å². The molecule has 0 radical (unpaired) electrons. The molecule has 0 saturated heterocycles. The third kappa shape index (κ3) is 4.24. The molecule has 0 bridgehead atoms. The first-order chi connectivity index (χ1) is 13.5. The van der Waals surface area contributed by atoms with Crippen molar-refractivity contribution in [1.82, 2.24) is 0 Å². The van der Waals surface area contributed by atoms with Crippen molar-refractivity contribution in [3.8, 4) is 23.8 Å². The molecule has 4 nitrogen and oxygen atoms in total. The molecule has 1 N–H and O–H groups in total. The van der Waals surface area contributed by atoms with E-state index in [1.54, 1.807) is 18.2 Å². The Morgan fingerprint density at radius 1 is 1.18 bits per heavy atom. The lowest BCUT2D eigenvalue weighted by Gasteiger charge is -2.11. The molecule has 2 aromatic rings. The number of carboxylic acids is 1. The zero-order chi connectivity index (χ0) is 20.1. The van der Waals surface area contributed by atoms with E-state index in [0.29, 0.717) is 29.2 Å². The van der Waals surface area contributed by atoms with E-state index in [-0.39, 0.29) is 13.0 Å². The highest BCUT2D eigenvalue weighted by Gasteiger charge is 2.21. The van der Waals surface area contributed by atoms with Gasteiger partial charge in [-0.3, -0.25) is 4.79 Å². The molecule has 0 unspecified atom stereocenters. The summed E-state index contributed by atoms with van der Waals surface area (Å²) in [4.78, 5) is 11.2. The molecule has 1 aliphatic rings. The predicted molar refractivity (Wildman–Crippen MR) is 106 cm³/mol. The lowest BCUT2D eigenvalue weighted by Crippen LogP contribution is -1.99. The van der Waals surface area contributed by atoms with Gasteiger partial charge in [-0.2, -0.15) is 0 Å². The highest BCUT2D eigenvalue weighted by atomic mass is 19.1. The zero-order valence-corrected chi connectivity index (χ0v) is 15.4. The first kappa shape index (κ1) is 19.2. The number of carbonyl (C=O) groups is 1. The van der Waals surface area contributed by atoms with Gasteiger partial charge in [-0.1, -0.05) is 18.1 Å². The highest BCUT2D eigenvalue weighted by molar-refractivity contribution is 6.04. The third-order valence-electron chi connectivity index (χ3n) is 4.21. The minimum atomic E-state index is -0.962. The second-order valence-corrected chi connectivity index (χ2v) is 6.16. The SMILES string of the molecule is C#CCOc1ccc(/C=C2\C=C(CC(=O)O)c3cc(F)ccc32)cc1OCC. The molecule has 0 atom stereocenters. The van der Waals surface area contributed by atoms with Gasteiger partial charge in [0.2, 0.25) is 0 Å². The van der Waals surface area contributed by atoms with E-state index in [9.17, 15) is 9.18 Å². The molecule has 2 aromatic carbocycles. The number of carboxylic acid groups (broad SMARTS) is 1. The molecule has 0 aliphatic heterocycles. The van der Waals surface area contributed by atoms with Gasteiger partial charge in [0.25, 0.3) is 0 Å². The average molecular weight is 378 g/mol. The van der Waals surface area contributed by atoms with Crippen LogP contribution in [0.2, 0.25) is 0 Å². The lowest BCUT2D eigenvalue weighted by atomic mass is 10.0. The smallest absolute Gasteiger partial charge is 0.307 e. The largest absolute Gasteiger partial charge is 0.490 e. The first-order valence-corrected chi connectivity index (χ1v) is 8.79. The topological polar surface area (TPSA) is 55.8 Å². The second kappa shape index (κ2) is 8.45. The van der Waals surface area contributed by atoms with Crippen molar-refractivity contribution in [2.75, 3.05) is 13.2 Å². The minimum absolute atomic E-state index is 0.140. The van der Waals surface area contributed by atoms with Crippen molar-refractivity contribution in [1.29, 1.82) is 0 Å². The van der Waals surface area contributed by atoms with Gasteiger partial charge in [0, 0.05) is 0 Å². The number of ether oxygens (including phenoxy) is 2.